The van der Waals surface area contributed by atoms with Gasteiger partial charge < -0.3 is 10.1 Å². The van der Waals surface area contributed by atoms with Crippen molar-refractivity contribution in [1.29, 1.82) is 0 Å². The Labute approximate surface area is 111 Å². The fraction of sp³-hybridized carbons (Fsp3) is 0.667. The molecule has 100 valence electrons. The molecule has 0 aliphatic carbocycles. The van der Waals surface area contributed by atoms with E-state index >= 15 is 0 Å². The van der Waals surface area contributed by atoms with Gasteiger partial charge in [-0.25, -0.2) is 4.68 Å². The predicted molar refractivity (Wildman–Crippen MR) is 71.2 cm³/mol. The number of rotatable bonds is 4. The average Bonchev–Trinajstić information content (AvgIpc) is 2.42. The van der Waals surface area contributed by atoms with E-state index in [-0.39, 0.29) is 10.6 Å². The van der Waals surface area contributed by atoms with Crippen LogP contribution in [0.5, 0.6) is 0 Å². The Hall–Kier alpha value is -1.07. The lowest BCUT2D eigenvalue weighted by atomic mass is 10.0. The third kappa shape index (κ3) is 3.03. The second-order valence-corrected chi connectivity index (χ2v) is 4.81. The summed E-state index contributed by atoms with van der Waals surface area (Å²) >= 11 is 6.03. The summed E-state index contributed by atoms with van der Waals surface area (Å²) in [5.74, 6) is 0.573. The molecule has 0 amide bonds. The normalized spacial score (nSPS) is 16.8. The van der Waals surface area contributed by atoms with Gasteiger partial charge in [0.25, 0.3) is 5.56 Å². The molecule has 1 N–H and O–H groups in total. The van der Waals surface area contributed by atoms with Gasteiger partial charge in [0.05, 0.1) is 11.9 Å². The number of aryl methyl sites for hydroxylation is 1. The van der Waals surface area contributed by atoms with Crippen LogP contribution in [0.4, 0.5) is 5.69 Å². The van der Waals surface area contributed by atoms with E-state index in [2.05, 4.69) is 10.4 Å². The lowest BCUT2D eigenvalue weighted by molar-refractivity contribution is 0.0699. The van der Waals surface area contributed by atoms with Gasteiger partial charge in [0.1, 0.15) is 5.02 Å². The molecule has 1 aliphatic heterocycles. The maximum absolute atomic E-state index is 11.8. The van der Waals surface area contributed by atoms with Crippen LogP contribution in [0.1, 0.15) is 19.8 Å². The molecule has 0 radical (unpaired) electrons. The van der Waals surface area contributed by atoms with Crippen LogP contribution in [0.2, 0.25) is 5.02 Å². The zero-order valence-electron chi connectivity index (χ0n) is 10.5. The van der Waals surface area contributed by atoms with Gasteiger partial charge in [0, 0.05) is 26.3 Å². The minimum Gasteiger partial charge on any atom is -0.382 e. The molecule has 1 aromatic heterocycles. The third-order valence-electron chi connectivity index (χ3n) is 3.21. The summed E-state index contributed by atoms with van der Waals surface area (Å²) in [4.78, 5) is 11.8. The van der Waals surface area contributed by atoms with Crippen molar-refractivity contribution < 1.29 is 4.74 Å². The Morgan fingerprint density at radius 3 is 2.94 bits per heavy atom. The van der Waals surface area contributed by atoms with Crippen LogP contribution in [0, 0.1) is 5.92 Å². The monoisotopic (exact) mass is 271 g/mol. The molecule has 0 atom stereocenters. The van der Waals surface area contributed by atoms with Crippen LogP contribution in [0.25, 0.3) is 0 Å². The molecule has 2 heterocycles. The summed E-state index contributed by atoms with van der Waals surface area (Å²) < 4.78 is 6.65. The molecule has 1 aromatic rings. The molecule has 0 saturated carbocycles. The first kappa shape index (κ1) is 13.4. The highest BCUT2D eigenvalue weighted by atomic mass is 35.5. The first-order valence-corrected chi connectivity index (χ1v) is 6.67. The van der Waals surface area contributed by atoms with E-state index in [1.54, 1.807) is 6.20 Å². The smallest absolute Gasteiger partial charge is 0.287 e. The van der Waals surface area contributed by atoms with Gasteiger partial charge >= 0.3 is 0 Å². The number of nitrogens with zero attached hydrogens (tertiary/aromatic N) is 2. The first-order valence-electron chi connectivity index (χ1n) is 6.29. The molecule has 0 bridgehead atoms. The topological polar surface area (TPSA) is 56.1 Å². The molecule has 18 heavy (non-hydrogen) atoms. The van der Waals surface area contributed by atoms with E-state index in [1.807, 2.05) is 6.92 Å². The molecule has 5 nitrogen and oxygen atoms in total. The fourth-order valence-corrected chi connectivity index (χ4v) is 2.23. The highest BCUT2D eigenvalue weighted by Crippen LogP contribution is 2.19. The second-order valence-electron chi connectivity index (χ2n) is 4.43. The van der Waals surface area contributed by atoms with E-state index in [1.165, 1.54) is 4.68 Å². The van der Waals surface area contributed by atoms with Gasteiger partial charge in [0.2, 0.25) is 0 Å². The molecular weight excluding hydrogens is 254 g/mol. The van der Waals surface area contributed by atoms with E-state index in [9.17, 15) is 4.79 Å². The number of anilines is 1. The molecule has 1 fully saturated rings. The summed E-state index contributed by atoms with van der Waals surface area (Å²) in [5, 5.41) is 7.49. The lowest BCUT2D eigenvalue weighted by Gasteiger charge is -2.22. The highest BCUT2D eigenvalue weighted by Gasteiger charge is 2.15. The second kappa shape index (κ2) is 6.20. The molecule has 1 aliphatic rings. The maximum Gasteiger partial charge on any atom is 0.287 e. The Kier molecular flexibility index (Phi) is 4.60. The van der Waals surface area contributed by atoms with Gasteiger partial charge in [-0.15, -0.1) is 0 Å². The lowest BCUT2D eigenvalue weighted by Crippen LogP contribution is -2.26. The van der Waals surface area contributed by atoms with E-state index in [0.717, 1.165) is 32.6 Å². The average molecular weight is 272 g/mol. The SMILES string of the molecule is CCn1ncc(NCC2CCOCC2)c(Cl)c1=O. The first-order chi connectivity index (χ1) is 8.72. The Morgan fingerprint density at radius 2 is 2.28 bits per heavy atom. The minimum absolute atomic E-state index is 0.221. The Bertz CT molecular complexity index is 455. The molecule has 1 saturated heterocycles. The van der Waals surface area contributed by atoms with Crippen LogP contribution in [-0.2, 0) is 11.3 Å². The van der Waals surface area contributed by atoms with Crippen molar-refractivity contribution in [3.8, 4) is 0 Å². The van der Waals surface area contributed by atoms with Crippen LogP contribution < -0.4 is 10.9 Å². The third-order valence-corrected chi connectivity index (χ3v) is 3.57. The number of aromatic nitrogens is 2. The Morgan fingerprint density at radius 1 is 1.56 bits per heavy atom. The molecule has 6 heteroatoms. The van der Waals surface area contributed by atoms with Crippen molar-refractivity contribution in [1.82, 2.24) is 9.78 Å². The summed E-state index contributed by atoms with van der Waals surface area (Å²) in [7, 11) is 0. The van der Waals surface area contributed by atoms with Crippen molar-refractivity contribution >= 4 is 17.3 Å². The number of ether oxygens (including phenoxy) is 1. The van der Waals surface area contributed by atoms with E-state index < -0.39 is 0 Å². The highest BCUT2D eigenvalue weighted by molar-refractivity contribution is 6.32. The van der Waals surface area contributed by atoms with Crippen LogP contribution >= 0.6 is 11.6 Å². The zero-order valence-corrected chi connectivity index (χ0v) is 11.2. The van der Waals surface area contributed by atoms with Crippen LogP contribution in [-0.4, -0.2) is 29.5 Å². The van der Waals surface area contributed by atoms with Gasteiger partial charge in [-0.3, -0.25) is 4.79 Å². The van der Waals surface area contributed by atoms with Gasteiger partial charge in [-0.1, -0.05) is 11.6 Å². The number of nitrogens with one attached hydrogen (secondary N) is 1. The summed E-state index contributed by atoms with van der Waals surface area (Å²) in [6.45, 7) is 4.82. The molecule has 2 rings (SSSR count). The maximum atomic E-state index is 11.8. The number of halogens is 1. The Balaban J connectivity index is 2.01. The number of hydrogen-bond donors (Lipinski definition) is 1. The van der Waals surface area contributed by atoms with Crippen LogP contribution in [0.15, 0.2) is 11.0 Å². The van der Waals surface area contributed by atoms with Crippen LogP contribution in [0.3, 0.4) is 0 Å². The standard InChI is InChI=1S/C12H18ClN3O2/c1-2-16-12(17)11(13)10(8-15-16)14-7-9-3-5-18-6-4-9/h8-9,14H,2-7H2,1H3. The summed E-state index contributed by atoms with van der Waals surface area (Å²) in [6.07, 6.45) is 3.71. The van der Waals surface area contributed by atoms with Gasteiger partial charge in [-0.2, -0.15) is 5.10 Å². The largest absolute Gasteiger partial charge is 0.382 e. The van der Waals surface area contributed by atoms with E-state index in [4.69, 9.17) is 16.3 Å². The minimum atomic E-state index is -0.240. The fourth-order valence-electron chi connectivity index (χ4n) is 2.02. The van der Waals surface area contributed by atoms with Crippen molar-refractivity contribution in [3.63, 3.8) is 0 Å². The van der Waals surface area contributed by atoms with Crippen molar-refractivity contribution in [2.75, 3.05) is 25.1 Å². The van der Waals surface area contributed by atoms with Gasteiger partial charge in [0.15, 0.2) is 0 Å². The quantitative estimate of drug-likeness (QED) is 0.907. The molecule has 0 spiro atoms. The molecule has 0 aromatic carbocycles. The molecule has 0 unspecified atom stereocenters. The van der Waals surface area contributed by atoms with E-state index in [0.29, 0.717) is 18.2 Å². The molecular formula is C12H18ClN3O2. The predicted octanol–water partition coefficient (Wildman–Crippen LogP) is 1.76. The zero-order chi connectivity index (χ0) is 13.0. The van der Waals surface area contributed by atoms with Crippen molar-refractivity contribution in [2.45, 2.75) is 26.3 Å². The van der Waals surface area contributed by atoms with Crippen molar-refractivity contribution in [2.24, 2.45) is 5.92 Å². The summed E-state index contributed by atoms with van der Waals surface area (Å²) in [5.41, 5.74) is 0.383. The van der Waals surface area contributed by atoms with Gasteiger partial charge in [-0.05, 0) is 25.7 Å². The number of hydrogen-bond acceptors (Lipinski definition) is 4. The summed E-state index contributed by atoms with van der Waals surface area (Å²) in [6, 6.07) is 0. The van der Waals surface area contributed by atoms with Crippen molar-refractivity contribution in [3.05, 3.63) is 21.6 Å².